The number of piperidine rings is 1. The predicted octanol–water partition coefficient (Wildman–Crippen LogP) is 2.83. The van der Waals surface area contributed by atoms with Gasteiger partial charge < -0.3 is 4.84 Å². The second-order valence-corrected chi connectivity index (χ2v) is 5.88. The minimum Gasteiger partial charge on any atom is -0.301 e. The molecule has 106 valence electrons. The molecule has 1 atom stereocenters. The molecule has 1 aromatic carbocycles. The molecule has 3 nitrogen and oxygen atoms in total. The molecule has 0 radical (unpaired) electrons. The number of hydrogen-bond donors (Lipinski definition) is 1. The molecule has 0 aromatic heterocycles. The highest BCUT2D eigenvalue weighted by molar-refractivity contribution is 5.14. The lowest BCUT2D eigenvalue weighted by molar-refractivity contribution is -0.0173. The fourth-order valence-corrected chi connectivity index (χ4v) is 2.47. The summed E-state index contributed by atoms with van der Waals surface area (Å²) < 4.78 is 0. The van der Waals surface area contributed by atoms with Crippen molar-refractivity contribution in [3.63, 3.8) is 0 Å². The quantitative estimate of drug-likeness (QED) is 0.798. The van der Waals surface area contributed by atoms with E-state index in [9.17, 15) is 0 Å². The Morgan fingerprint density at radius 2 is 2.11 bits per heavy atom. The lowest BCUT2D eigenvalue weighted by Crippen LogP contribution is -2.45. The van der Waals surface area contributed by atoms with Crippen molar-refractivity contribution in [3.8, 4) is 0 Å². The molecule has 0 spiro atoms. The monoisotopic (exact) mass is 262 g/mol. The first-order valence-corrected chi connectivity index (χ1v) is 7.37. The highest BCUT2D eigenvalue weighted by Crippen LogP contribution is 2.13. The van der Waals surface area contributed by atoms with Gasteiger partial charge in [0.25, 0.3) is 0 Å². The number of likely N-dealkylation sites (tertiary alicyclic amines) is 1. The first-order chi connectivity index (χ1) is 9.24. The topological polar surface area (TPSA) is 24.5 Å². The normalized spacial score (nSPS) is 20.9. The molecule has 2 rings (SSSR count). The van der Waals surface area contributed by atoms with E-state index in [1.807, 2.05) is 0 Å². The van der Waals surface area contributed by atoms with Crippen molar-refractivity contribution < 1.29 is 4.84 Å². The van der Waals surface area contributed by atoms with Crippen molar-refractivity contribution in [1.82, 2.24) is 10.4 Å². The van der Waals surface area contributed by atoms with Crippen LogP contribution in [-0.4, -0.2) is 30.6 Å². The fraction of sp³-hybridized carbons (Fsp3) is 0.625. The van der Waals surface area contributed by atoms with Gasteiger partial charge in [0.05, 0.1) is 6.61 Å². The van der Waals surface area contributed by atoms with Crippen LogP contribution in [0.2, 0.25) is 0 Å². The van der Waals surface area contributed by atoms with Gasteiger partial charge in [0.2, 0.25) is 0 Å². The van der Waals surface area contributed by atoms with Crippen molar-refractivity contribution in [1.29, 1.82) is 0 Å². The molecular formula is C16H26N2O. The Bertz CT molecular complexity index is 353. The van der Waals surface area contributed by atoms with E-state index >= 15 is 0 Å². The number of nitrogens with zero attached hydrogens (tertiary/aromatic N) is 1. The third kappa shape index (κ3) is 5.31. The van der Waals surface area contributed by atoms with Gasteiger partial charge in [0.15, 0.2) is 0 Å². The molecule has 1 heterocycles. The van der Waals surface area contributed by atoms with Crippen LogP contribution in [0.5, 0.6) is 0 Å². The maximum atomic E-state index is 5.56. The second-order valence-electron chi connectivity index (χ2n) is 5.88. The Morgan fingerprint density at radius 1 is 1.32 bits per heavy atom. The van der Waals surface area contributed by atoms with Gasteiger partial charge in [-0.2, -0.15) is 5.48 Å². The summed E-state index contributed by atoms with van der Waals surface area (Å²) in [6, 6.07) is 11.2. The maximum Gasteiger partial charge on any atom is 0.0705 e. The van der Waals surface area contributed by atoms with E-state index in [-0.39, 0.29) is 0 Å². The number of hydroxylamine groups is 1. The molecular weight excluding hydrogens is 236 g/mol. The van der Waals surface area contributed by atoms with E-state index in [1.165, 1.54) is 24.9 Å². The van der Waals surface area contributed by atoms with Gasteiger partial charge in [-0.1, -0.05) is 44.2 Å². The second kappa shape index (κ2) is 7.63. The van der Waals surface area contributed by atoms with Crippen LogP contribution >= 0.6 is 0 Å². The Labute approximate surface area is 116 Å². The molecule has 1 unspecified atom stereocenters. The maximum absolute atomic E-state index is 5.56. The van der Waals surface area contributed by atoms with Gasteiger partial charge in [-0.05, 0) is 30.9 Å². The average molecular weight is 262 g/mol. The van der Waals surface area contributed by atoms with Crippen LogP contribution in [0.25, 0.3) is 0 Å². The number of rotatable bonds is 6. The minimum atomic E-state index is 0.469. The van der Waals surface area contributed by atoms with Crippen LogP contribution in [0.15, 0.2) is 30.3 Å². The third-order valence-corrected chi connectivity index (χ3v) is 3.42. The zero-order valence-electron chi connectivity index (χ0n) is 12.1. The average Bonchev–Trinajstić information content (AvgIpc) is 2.40. The van der Waals surface area contributed by atoms with Gasteiger partial charge in [-0.25, -0.2) is 0 Å². The van der Waals surface area contributed by atoms with E-state index in [2.05, 4.69) is 54.6 Å². The molecule has 1 saturated heterocycles. The Hall–Kier alpha value is -0.900. The smallest absolute Gasteiger partial charge is 0.0705 e. The SMILES string of the molecule is CC(C)CONC1CCCN(Cc2ccccc2)C1. The summed E-state index contributed by atoms with van der Waals surface area (Å²) in [5.74, 6) is 0.580. The molecule has 3 heteroatoms. The Kier molecular flexibility index (Phi) is 5.83. The molecule has 1 N–H and O–H groups in total. The van der Waals surface area contributed by atoms with Crippen LogP contribution in [0.3, 0.4) is 0 Å². The van der Waals surface area contributed by atoms with E-state index in [0.29, 0.717) is 12.0 Å². The van der Waals surface area contributed by atoms with Gasteiger partial charge in [0, 0.05) is 19.1 Å². The lowest BCUT2D eigenvalue weighted by Gasteiger charge is -2.33. The van der Waals surface area contributed by atoms with Crippen molar-refractivity contribution in [2.45, 2.75) is 39.3 Å². The molecule has 1 fully saturated rings. The number of nitrogens with one attached hydrogen (secondary N) is 1. The summed E-state index contributed by atoms with van der Waals surface area (Å²) in [7, 11) is 0. The highest BCUT2D eigenvalue weighted by Gasteiger charge is 2.19. The summed E-state index contributed by atoms with van der Waals surface area (Å²) in [5, 5.41) is 0. The summed E-state index contributed by atoms with van der Waals surface area (Å²) in [6.45, 7) is 8.44. The summed E-state index contributed by atoms with van der Waals surface area (Å²) in [4.78, 5) is 8.07. The fourth-order valence-electron chi connectivity index (χ4n) is 2.47. The van der Waals surface area contributed by atoms with Crippen molar-refractivity contribution in [3.05, 3.63) is 35.9 Å². The minimum absolute atomic E-state index is 0.469. The molecule has 0 aliphatic carbocycles. The van der Waals surface area contributed by atoms with Crippen LogP contribution in [0, 0.1) is 5.92 Å². The molecule has 0 saturated carbocycles. The molecule has 1 aliphatic rings. The molecule has 1 aliphatic heterocycles. The van der Waals surface area contributed by atoms with Crippen molar-refractivity contribution in [2.75, 3.05) is 19.7 Å². The third-order valence-electron chi connectivity index (χ3n) is 3.42. The largest absolute Gasteiger partial charge is 0.301 e. The van der Waals surface area contributed by atoms with Crippen molar-refractivity contribution >= 4 is 0 Å². The first-order valence-electron chi connectivity index (χ1n) is 7.37. The Balaban J connectivity index is 1.74. The molecule has 0 amide bonds. The van der Waals surface area contributed by atoms with Crippen LogP contribution in [-0.2, 0) is 11.4 Å². The van der Waals surface area contributed by atoms with E-state index in [0.717, 1.165) is 19.7 Å². The number of benzene rings is 1. The van der Waals surface area contributed by atoms with Crippen molar-refractivity contribution in [2.24, 2.45) is 5.92 Å². The zero-order chi connectivity index (χ0) is 13.5. The predicted molar refractivity (Wildman–Crippen MR) is 78.7 cm³/mol. The van der Waals surface area contributed by atoms with Gasteiger partial charge >= 0.3 is 0 Å². The molecule has 1 aromatic rings. The lowest BCUT2D eigenvalue weighted by atomic mass is 10.1. The van der Waals surface area contributed by atoms with Gasteiger partial charge in [-0.3, -0.25) is 4.90 Å². The van der Waals surface area contributed by atoms with Crippen LogP contribution < -0.4 is 5.48 Å². The molecule has 0 bridgehead atoms. The standard InChI is InChI=1S/C16H26N2O/c1-14(2)13-19-17-16-9-6-10-18(12-16)11-15-7-4-3-5-8-15/h3-5,7-8,14,16-17H,6,9-13H2,1-2H3. The van der Waals surface area contributed by atoms with E-state index in [4.69, 9.17) is 4.84 Å². The van der Waals surface area contributed by atoms with Gasteiger partial charge in [0.1, 0.15) is 0 Å². The van der Waals surface area contributed by atoms with Gasteiger partial charge in [-0.15, -0.1) is 0 Å². The van der Waals surface area contributed by atoms with Crippen LogP contribution in [0.1, 0.15) is 32.3 Å². The number of hydrogen-bond acceptors (Lipinski definition) is 3. The summed E-state index contributed by atoms with van der Waals surface area (Å²) >= 11 is 0. The summed E-state index contributed by atoms with van der Waals surface area (Å²) in [6.07, 6.45) is 2.46. The molecule has 19 heavy (non-hydrogen) atoms. The first kappa shape index (κ1) is 14.5. The van der Waals surface area contributed by atoms with E-state index < -0.39 is 0 Å². The Morgan fingerprint density at radius 3 is 2.84 bits per heavy atom. The summed E-state index contributed by atoms with van der Waals surface area (Å²) in [5.41, 5.74) is 4.62. The van der Waals surface area contributed by atoms with E-state index in [1.54, 1.807) is 0 Å². The van der Waals surface area contributed by atoms with Crippen LogP contribution in [0.4, 0.5) is 0 Å². The zero-order valence-corrected chi connectivity index (χ0v) is 12.1. The highest BCUT2D eigenvalue weighted by atomic mass is 16.6.